The van der Waals surface area contributed by atoms with Gasteiger partial charge in [0.05, 0.1) is 0 Å². The Morgan fingerprint density at radius 1 is 0.971 bits per heavy atom. The number of hydrogen-bond donors (Lipinski definition) is 0. The van der Waals surface area contributed by atoms with E-state index in [0.29, 0.717) is 5.69 Å². The van der Waals surface area contributed by atoms with E-state index in [2.05, 4.69) is 77.1 Å². The van der Waals surface area contributed by atoms with Gasteiger partial charge >= 0.3 is 0 Å². The number of unbranched alkanes of at least 4 members (excludes halogenated alkanes) is 2. The molecule has 0 radical (unpaired) electrons. The third-order valence-electron chi connectivity index (χ3n) is 6.55. The summed E-state index contributed by atoms with van der Waals surface area (Å²) < 4.78 is 6.43. The Morgan fingerprint density at radius 2 is 1.65 bits per heavy atom. The second-order valence-corrected chi connectivity index (χ2v) is 10.3. The van der Waals surface area contributed by atoms with Crippen molar-refractivity contribution in [1.82, 2.24) is 0 Å². The van der Waals surface area contributed by atoms with E-state index >= 15 is 0 Å². The largest absolute Gasteiger partial charge is 0.483 e. The molecule has 2 rings (SSSR count). The maximum Gasteiger partial charge on any atom is 0.130 e. The predicted molar refractivity (Wildman–Crippen MR) is 148 cm³/mol. The molecule has 1 aromatic rings. The Balaban J connectivity index is 1.90. The molecule has 0 bridgehead atoms. The summed E-state index contributed by atoms with van der Waals surface area (Å²) in [5.74, 6) is 0.794. The van der Waals surface area contributed by atoms with Gasteiger partial charge in [0.25, 0.3) is 0 Å². The minimum Gasteiger partial charge on any atom is -0.483 e. The fraction of sp³-hybridized carbons (Fsp3) is 0.548. The second kappa shape index (κ2) is 14.1. The molecule has 0 fully saturated rings. The molecular weight excluding hydrogens is 418 g/mol. The molecule has 0 aromatic heterocycles. The van der Waals surface area contributed by atoms with Crippen LogP contribution in [-0.2, 0) is 6.42 Å². The van der Waals surface area contributed by atoms with Crippen LogP contribution in [-0.4, -0.2) is 5.60 Å². The average Bonchev–Trinajstić information content (AvgIpc) is 2.78. The predicted octanol–water partition coefficient (Wildman–Crippen LogP) is 10.2. The number of ether oxygens (including phenoxy) is 1. The average molecular weight is 464 g/mol. The number of aryl methyl sites for hydroxylation is 1. The number of fused-ring (bicyclic) bond motifs is 1. The fourth-order valence-electron chi connectivity index (χ4n) is 4.34. The first-order valence-electron chi connectivity index (χ1n) is 13.1. The molecule has 0 aliphatic carbocycles. The van der Waals surface area contributed by atoms with E-state index < -0.39 is 0 Å². The summed E-state index contributed by atoms with van der Waals surface area (Å²) in [5.41, 5.74) is 6.38. The van der Waals surface area contributed by atoms with Crippen LogP contribution in [0.5, 0.6) is 5.75 Å². The highest BCUT2D eigenvalue weighted by molar-refractivity contribution is 5.73. The van der Waals surface area contributed by atoms with Crippen molar-refractivity contribution in [3.8, 4) is 5.75 Å². The van der Waals surface area contributed by atoms with Crippen molar-refractivity contribution in [2.24, 2.45) is 5.18 Å². The standard InChI is InChI=1S/C31H45NO2/c1-7-8-9-18-27-22-29(32-33)28-19-21-31(6,34-30(28)23-27)20-12-17-26(5)16-11-15-25(4)14-10-13-24(2)3/h13,15,17,19,21-23H,7-12,14,16,18,20H2,1-6H3/b25-15+,26-17+. The van der Waals surface area contributed by atoms with Gasteiger partial charge in [0.2, 0.25) is 0 Å². The summed E-state index contributed by atoms with van der Waals surface area (Å²) in [4.78, 5) is 11.4. The highest BCUT2D eigenvalue weighted by Crippen LogP contribution is 2.40. The number of nitroso groups, excluding NO2 is 1. The molecule has 3 heteroatoms. The van der Waals surface area contributed by atoms with E-state index in [9.17, 15) is 4.91 Å². The van der Waals surface area contributed by atoms with E-state index in [1.165, 1.54) is 29.6 Å². The Kier molecular flexibility index (Phi) is 11.5. The van der Waals surface area contributed by atoms with Crippen molar-refractivity contribution in [2.75, 3.05) is 0 Å². The van der Waals surface area contributed by atoms with Crippen LogP contribution in [0.25, 0.3) is 6.08 Å². The molecule has 0 amide bonds. The van der Waals surface area contributed by atoms with Crippen molar-refractivity contribution < 1.29 is 4.74 Å². The van der Waals surface area contributed by atoms with Crippen LogP contribution in [0.2, 0.25) is 0 Å². The topological polar surface area (TPSA) is 38.7 Å². The first kappa shape index (κ1) is 27.8. The maximum absolute atomic E-state index is 11.4. The molecule has 1 aliphatic rings. The molecule has 1 unspecified atom stereocenters. The number of allylic oxidation sites excluding steroid dienone is 6. The van der Waals surface area contributed by atoms with Gasteiger partial charge in [0.1, 0.15) is 17.0 Å². The lowest BCUT2D eigenvalue weighted by Crippen LogP contribution is -2.31. The SMILES string of the molecule is CCCCCc1cc(N=O)c2c(c1)OC(C)(CC/C=C(\C)CC/C=C(\C)CCC=C(C)C)C=C2. The zero-order valence-electron chi connectivity index (χ0n) is 22.4. The number of benzene rings is 1. The monoisotopic (exact) mass is 463 g/mol. The van der Waals surface area contributed by atoms with Gasteiger partial charge in [-0.15, -0.1) is 4.91 Å². The zero-order valence-corrected chi connectivity index (χ0v) is 22.4. The zero-order chi connectivity index (χ0) is 25.0. The molecule has 34 heavy (non-hydrogen) atoms. The molecule has 1 atom stereocenters. The third kappa shape index (κ3) is 9.44. The van der Waals surface area contributed by atoms with E-state index in [4.69, 9.17) is 4.74 Å². The highest BCUT2D eigenvalue weighted by atomic mass is 16.5. The van der Waals surface area contributed by atoms with Gasteiger partial charge in [-0.05, 0) is 121 Å². The quantitative estimate of drug-likeness (QED) is 0.156. The lowest BCUT2D eigenvalue weighted by molar-refractivity contribution is 0.128. The maximum atomic E-state index is 11.4. The summed E-state index contributed by atoms with van der Waals surface area (Å²) in [6, 6.07) is 4.02. The van der Waals surface area contributed by atoms with Crippen LogP contribution in [0.1, 0.15) is 110 Å². The summed E-state index contributed by atoms with van der Waals surface area (Å²) in [7, 11) is 0. The molecule has 1 heterocycles. The van der Waals surface area contributed by atoms with Gasteiger partial charge in [-0.25, -0.2) is 0 Å². The Hall–Kier alpha value is -2.42. The first-order chi connectivity index (χ1) is 16.3. The Bertz CT molecular complexity index is 931. The summed E-state index contributed by atoms with van der Waals surface area (Å²) in [6.07, 6.45) is 22.0. The van der Waals surface area contributed by atoms with Gasteiger partial charge in [-0.2, -0.15) is 0 Å². The van der Waals surface area contributed by atoms with Crippen molar-refractivity contribution in [3.63, 3.8) is 0 Å². The summed E-state index contributed by atoms with van der Waals surface area (Å²) >= 11 is 0. The van der Waals surface area contributed by atoms with Gasteiger partial charge in [0.15, 0.2) is 0 Å². The van der Waals surface area contributed by atoms with E-state index in [1.54, 1.807) is 0 Å². The minimum absolute atomic E-state index is 0.368. The summed E-state index contributed by atoms with van der Waals surface area (Å²) in [5, 5.41) is 3.27. The van der Waals surface area contributed by atoms with Crippen molar-refractivity contribution >= 4 is 11.8 Å². The molecule has 1 aromatic carbocycles. The molecule has 0 spiro atoms. The van der Waals surface area contributed by atoms with Crippen molar-refractivity contribution in [3.05, 3.63) is 69.2 Å². The van der Waals surface area contributed by atoms with Crippen LogP contribution in [0.3, 0.4) is 0 Å². The van der Waals surface area contributed by atoms with Crippen LogP contribution in [0, 0.1) is 4.91 Å². The normalized spacial score (nSPS) is 17.8. The molecule has 1 aliphatic heterocycles. The Morgan fingerprint density at radius 3 is 2.29 bits per heavy atom. The lowest BCUT2D eigenvalue weighted by atomic mass is 9.93. The molecule has 0 saturated carbocycles. The highest BCUT2D eigenvalue weighted by Gasteiger charge is 2.28. The number of nitrogens with zero attached hydrogens (tertiary/aromatic N) is 1. The Labute approximate surface area is 208 Å². The fourth-order valence-corrected chi connectivity index (χ4v) is 4.34. The van der Waals surface area contributed by atoms with Crippen LogP contribution in [0.4, 0.5) is 5.69 Å². The van der Waals surface area contributed by atoms with E-state index in [-0.39, 0.29) is 5.60 Å². The molecule has 3 nitrogen and oxygen atoms in total. The first-order valence-corrected chi connectivity index (χ1v) is 13.1. The molecule has 186 valence electrons. The van der Waals surface area contributed by atoms with Crippen molar-refractivity contribution in [1.29, 1.82) is 0 Å². The van der Waals surface area contributed by atoms with Crippen LogP contribution < -0.4 is 4.74 Å². The van der Waals surface area contributed by atoms with Gasteiger partial charge in [0, 0.05) is 5.56 Å². The van der Waals surface area contributed by atoms with E-state index in [0.717, 1.165) is 68.2 Å². The lowest BCUT2D eigenvalue weighted by Gasteiger charge is -2.32. The molecular formula is C31H45NO2. The van der Waals surface area contributed by atoms with Crippen molar-refractivity contribution in [2.45, 2.75) is 111 Å². The van der Waals surface area contributed by atoms with Crippen LogP contribution in [0.15, 0.2) is 58.3 Å². The molecule has 0 N–H and O–H groups in total. The minimum atomic E-state index is -0.368. The third-order valence-corrected chi connectivity index (χ3v) is 6.55. The van der Waals surface area contributed by atoms with Crippen LogP contribution >= 0.6 is 0 Å². The smallest absolute Gasteiger partial charge is 0.130 e. The number of rotatable bonds is 14. The van der Waals surface area contributed by atoms with Gasteiger partial charge in [-0.1, -0.05) is 54.7 Å². The second-order valence-electron chi connectivity index (χ2n) is 10.3. The number of hydrogen-bond acceptors (Lipinski definition) is 3. The van der Waals surface area contributed by atoms with E-state index in [1.807, 2.05) is 12.1 Å². The van der Waals surface area contributed by atoms with Gasteiger partial charge in [-0.3, -0.25) is 0 Å². The summed E-state index contributed by atoms with van der Waals surface area (Å²) in [6.45, 7) is 13.1. The van der Waals surface area contributed by atoms with Gasteiger partial charge < -0.3 is 4.74 Å². The molecule has 0 saturated heterocycles.